The van der Waals surface area contributed by atoms with E-state index in [-0.39, 0.29) is 26.2 Å². The molecule has 0 aliphatic carbocycles. The maximum absolute atomic E-state index is 13.2. The maximum Gasteiger partial charge on any atom is 0.417 e. The van der Waals surface area contributed by atoms with Gasteiger partial charge in [-0.3, -0.25) is 14.5 Å². The number of hydrogen-bond acceptors (Lipinski definition) is 3. The van der Waals surface area contributed by atoms with Crippen LogP contribution in [0, 0.1) is 5.82 Å². The van der Waals surface area contributed by atoms with Gasteiger partial charge in [0.15, 0.2) is 0 Å². The normalized spacial score (nSPS) is 16.5. The molecule has 2 N–H and O–H groups in total. The van der Waals surface area contributed by atoms with Crippen molar-refractivity contribution in [3.63, 3.8) is 0 Å². The Bertz CT molecular complexity index is 891. The van der Waals surface area contributed by atoms with Crippen LogP contribution in [0.15, 0.2) is 48.5 Å². The van der Waals surface area contributed by atoms with Crippen molar-refractivity contribution in [1.82, 2.24) is 9.80 Å². The third kappa shape index (κ3) is 4.56. The predicted molar refractivity (Wildman–Crippen MR) is 97.3 cm³/mol. The highest BCUT2D eigenvalue weighted by Crippen LogP contribution is 2.32. The smallest absolute Gasteiger partial charge is 0.368 e. The first-order chi connectivity index (χ1) is 13.7. The molecule has 0 saturated carbocycles. The molecule has 2 aromatic rings. The molecule has 0 aromatic heterocycles. The fourth-order valence-electron chi connectivity index (χ4n) is 3.47. The van der Waals surface area contributed by atoms with Crippen LogP contribution in [-0.4, -0.2) is 47.8 Å². The van der Waals surface area contributed by atoms with Crippen molar-refractivity contribution >= 4 is 11.8 Å². The molecule has 1 aliphatic rings. The molecule has 1 aliphatic heterocycles. The number of amides is 2. The first-order valence-electron chi connectivity index (χ1n) is 8.93. The Kier molecular flexibility index (Phi) is 5.88. The molecule has 0 radical (unpaired) electrons. The van der Waals surface area contributed by atoms with Gasteiger partial charge in [-0.2, -0.15) is 13.2 Å². The van der Waals surface area contributed by atoms with E-state index in [1.807, 2.05) is 0 Å². The number of carbonyl (C=O) groups excluding carboxylic acids is 2. The van der Waals surface area contributed by atoms with Crippen molar-refractivity contribution in [3.8, 4) is 0 Å². The molecule has 2 amide bonds. The van der Waals surface area contributed by atoms with Crippen LogP contribution in [0.2, 0.25) is 0 Å². The number of nitrogens with two attached hydrogens (primary N) is 1. The lowest BCUT2D eigenvalue weighted by Gasteiger charge is -2.38. The summed E-state index contributed by atoms with van der Waals surface area (Å²) in [7, 11) is 0. The number of carbonyl (C=O) groups is 2. The van der Waals surface area contributed by atoms with Gasteiger partial charge in [-0.1, -0.05) is 24.3 Å². The van der Waals surface area contributed by atoms with E-state index in [0.717, 1.165) is 12.1 Å². The van der Waals surface area contributed by atoms with Gasteiger partial charge in [-0.15, -0.1) is 0 Å². The van der Waals surface area contributed by atoms with Crippen LogP contribution in [0.5, 0.6) is 0 Å². The molecule has 1 fully saturated rings. The quantitative estimate of drug-likeness (QED) is 0.790. The van der Waals surface area contributed by atoms with Crippen molar-refractivity contribution in [2.45, 2.75) is 12.2 Å². The molecule has 154 valence electrons. The van der Waals surface area contributed by atoms with E-state index in [2.05, 4.69) is 0 Å². The fourth-order valence-corrected chi connectivity index (χ4v) is 3.47. The number of alkyl halides is 3. The molecule has 5 nitrogen and oxygen atoms in total. The van der Waals surface area contributed by atoms with E-state index in [0.29, 0.717) is 5.56 Å². The van der Waals surface area contributed by atoms with Crippen molar-refractivity contribution in [2.75, 3.05) is 26.2 Å². The van der Waals surface area contributed by atoms with E-state index in [4.69, 9.17) is 5.73 Å². The summed E-state index contributed by atoms with van der Waals surface area (Å²) in [5, 5.41) is 0. The Balaban J connectivity index is 1.74. The molecule has 0 spiro atoms. The third-order valence-corrected chi connectivity index (χ3v) is 4.88. The Hall–Kier alpha value is -2.94. The zero-order valence-corrected chi connectivity index (χ0v) is 15.3. The van der Waals surface area contributed by atoms with Gasteiger partial charge >= 0.3 is 6.18 Å². The van der Waals surface area contributed by atoms with E-state index in [9.17, 15) is 27.2 Å². The van der Waals surface area contributed by atoms with Crippen molar-refractivity contribution in [3.05, 3.63) is 71.0 Å². The summed E-state index contributed by atoms with van der Waals surface area (Å²) in [5.41, 5.74) is 4.64. The SMILES string of the molecule is NC(=O)C(c1ccc(F)cc1)N1CCN(C(=O)c2ccccc2C(F)(F)F)CC1. The van der Waals surface area contributed by atoms with Gasteiger partial charge in [0.25, 0.3) is 5.91 Å². The molecule has 9 heteroatoms. The summed E-state index contributed by atoms with van der Waals surface area (Å²) in [6.07, 6.45) is -4.63. The number of hydrogen-bond donors (Lipinski definition) is 1. The molecule has 1 atom stereocenters. The van der Waals surface area contributed by atoms with Gasteiger partial charge in [0.2, 0.25) is 5.91 Å². The molecular formula is C20H19F4N3O2. The zero-order chi connectivity index (χ0) is 21.2. The van der Waals surface area contributed by atoms with Gasteiger partial charge < -0.3 is 10.6 Å². The monoisotopic (exact) mass is 409 g/mol. The fraction of sp³-hybridized carbons (Fsp3) is 0.300. The molecule has 1 heterocycles. The van der Waals surface area contributed by atoms with Crippen LogP contribution in [-0.2, 0) is 11.0 Å². The minimum absolute atomic E-state index is 0.135. The summed E-state index contributed by atoms with van der Waals surface area (Å²) in [6, 6.07) is 9.20. The average molecular weight is 409 g/mol. The minimum atomic E-state index is -4.63. The molecule has 3 rings (SSSR count). The average Bonchev–Trinajstić information content (AvgIpc) is 2.69. The number of primary amides is 1. The first-order valence-corrected chi connectivity index (χ1v) is 8.93. The summed E-state index contributed by atoms with van der Waals surface area (Å²) >= 11 is 0. The molecule has 29 heavy (non-hydrogen) atoms. The van der Waals surface area contributed by atoms with Crippen LogP contribution in [0.3, 0.4) is 0 Å². The highest BCUT2D eigenvalue weighted by molar-refractivity contribution is 5.96. The number of piperazine rings is 1. The maximum atomic E-state index is 13.2. The Morgan fingerprint density at radius 1 is 0.931 bits per heavy atom. The Morgan fingerprint density at radius 2 is 1.52 bits per heavy atom. The molecule has 2 aromatic carbocycles. The summed E-state index contributed by atoms with van der Waals surface area (Å²) < 4.78 is 52.7. The van der Waals surface area contributed by atoms with Gasteiger partial charge in [-0.25, -0.2) is 4.39 Å². The Morgan fingerprint density at radius 3 is 2.07 bits per heavy atom. The van der Waals surface area contributed by atoms with E-state index < -0.39 is 41.0 Å². The number of nitrogens with zero attached hydrogens (tertiary/aromatic N) is 2. The molecule has 1 saturated heterocycles. The van der Waals surface area contributed by atoms with Crippen LogP contribution in [0.25, 0.3) is 0 Å². The largest absolute Gasteiger partial charge is 0.417 e. The van der Waals surface area contributed by atoms with Crippen molar-refractivity contribution < 1.29 is 27.2 Å². The van der Waals surface area contributed by atoms with Crippen LogP contribution in [0.4, 0.5) is 17.6 Å². The van der Waals surface area contributed by atoms with Crippen molar-refractivity contribution in [1.29, 1.82) is 0 Å². The second kappa shape index (κ2) is 8.20. The highest BCUT2D eigenvalue weighted by Gasteiger charge is 2.37. The lowest BCUT2D eigenvalue weighted by molar-refractivity contribution is -0.138. The summed E-state index contributed by atoms with van der Waals surface area (Å²) in [6.45, 7) is 0.752. The summed E-state index contributed by atoms with van der Waals surface area (Å²) in [5.74, 6) is -1.79. The standard InChI is InChI=1S/C20H19F4N3O2/c21-14-7-5-13(6-8-14)17(18(25)28)26-9-11-27(12-10-26)19(29)15-3-1-2-4-16(15)20(22,23)24/h1-8,17H,9-12H2,(H2,25,28). The molecule has 1 unspecified atom stereocenters. The molecule has 0 bridgehead atoms. The van der Waals surface area contributed by atoms with Crippen LogP contribution < -0.4 is 5.73 Å². The summed E-state index contributed by atoms with van der Waals surface area (Å²) in [4.78, 5) is 27.7. The van der Waals surface area contributed by atoms with E-state index in [1.165, 1.54) is 41.3 Å². The number of benzene rings is 2. The second-order valence-corrected chi connectivity index (χ2v) is 6.73. The van der Waals surface area contributed by atoms with Crippen LogP contribution in [0.1, 0.15) is 27.5 Å². The van der Waals surface area contributed by atoms with Gasteiger partial charge in [-0.05, 0) is 29.8 Å². The number of halogens is 4. The van der Waals surface area contributed by atoms with E-state index >= 15 is 0 Å². The van der Waals surface area contributed by atoms with Gasteiger partial charge in [0.05, 0.1) is 11.1 Å². The first kappa shape index (κ1) is 20.8. The lowest BCUT2D eigenvalue weighted by Crippen LogP contribution is -2.52. The number of rotatable bonds is 4. The Labute approximate surface area is 164 Å². The highest BCUT2D eigenvalue weighted by atomic mass is 19.4. The van der Waals surface area contributed by atoms with Crippen LogP contribution >= 0.6 is 0 Å². The topological polar surface area (TPSA) is 66.6 Å². The van der Waals surface area contributed by atoms with Gasteiger partial charge in [0, 0.05) is 26.2 Å². The zero-order valence-electron chi connectivity index (χ0n) is 15.3. The third-order valence-electron chi connectivity index (χ3n) is 4.88. The van der Waals surface area contributed by atoms with Crippen molar-refractivity contribution in [2.24, 2.45) is 5.73 Å². The second-order valence-electron chi connectivity index (χ2n) is 6.73. The molecular weight excluding hydrogens is 390 g/mol. The van der Waals surface area contributed by atoms with Gasteiger partial charge in [0.1, 0.15) is 11.9 Å². The predicted octanol–water partition coefficient (Wildman–Crippen LogP) is 2.83. The minimum Gasteiger partial charge on any atom is -0.368 e. The lowest BCUT2D eigenvalue weighted by atomic mass is 10.0. The van der Waals surface area contributed by atoms with E-state index in [1.54, 1.807) is 4.90 Å².